The van der Waals surface area contributed by atoms with Crippen molar-refractivity contribution in [2.45, 2.75) is 45.6 Å². The molecule has 2 aliphatic rings. The van der Waals surface area contributed by atoms with Crippen molar-refractivity contribution in [3.05, 3.63) is 51.8 Å². The number of rotatable bonds is 7. The maximum absolute atomic E-state index is 12.5. The summed E-state index contributed by atoms with van der Waals surface area (Å²) in [6.07, 6.45) is 5.10. The molecule has 1 aliphatic heterocycles. The molecule has 2 fully saturated rings. The third kappa shape index (κ3) is 5.47. The fourth-order valence-electron chi connectivity index (χ4n) is 4.41. The van der Waals surface area contributed by atoms with Crippen LogP contribution in [-0.2, 0) is 30.5 Å². The van der Waals surface area contributed by atoms with E-state index in [-0.39, 0.29) is 36.6 Å². The van der Waals surface area contributed by atoms with Crippen molar-refractivity contribution >= 4 is 35.0 Å². The molecule has 4 rings (SSSR count). The number of imide groups is 1. The molecular formula is C24H27N3O5S. The molecule has 1 aromatic carbocycles. The van der Waals surface area contributed by atoms with Crippen LogP contribution in [0.1, 0.15) is 43.2 Å². The van der Waals surface area contributed by atoms with Gasteiger partial charge in [0.25, 0.3) is 5.91 Å². The van der Waals surface area contributed by atoms with Crippen LogP contribution in [0.25, 0.3) is 0 Å². The Kier molecular flexibility index (Phi) is 7.17. The molecule has 2 unspecified atom stereocenters. The zero-order valence-electron chi connectivity index (χ0n) is 18.6. The largest absolute Gasteiger partial charge is 0.455 e. The first-order valence-corrected chi connectivity index (χ1v) is 12.1. The number of aryl methyl sites for hydroxylation is 1. The van der Waals surface area contributed by atoms with Crippen molar-refractivity contribution in [3.8, 4) is 0 Å². The minimum Gasteiger partial charge on any atom is -0.455 e. The number of hydrogen-bond acceptors (Lipinski definition) is 6. The quantitative estimate of drug-likeness (QED) is 0.458. The van der Waals surface area contributed by atoms with Gasteiger partial charge in [0.15, 0.2) is 11.4 Å². The van der Waals surface area contributed by atoms with Gasteiger partial charge in [-0.2, -0.15) is 4.99 Å². The van der Waals surface area contributed by atoms with E-state index in [4.69, 9.17) is 4.74 Å². The molecule has 3 amide bonds. The van der Waals surface area contributed by atoms with Crippen LogP contribution >= 0.6 is 11.3 Å². The fourth-order valence-corrected chi connectivity index (χ4v) is 5.15. The van der Waals surface area contributed by atoms with E-state index in [0.29, 0.717) is 11.3 Å². The molecular weight excluding hydrogens is 442 g/mol. The zero-order chi connectivity index (χ0) is 23.4. The maximum Gasteiger partial charge on any atom is 0.308 e. The number of hydrogen-bond donors (Lipinski definition) is 0. The molecule has 1 aromatic heterocycles. The molecule has 2 heterocycles. The van der Waals surface area contributed by atoms with Gasteiger partial charge in [-0.05, 0) is 25.3 Å². The number of carbonyl (C=O) groups is 4. The molecule has 0 radical (unpaired) electrons. The molecule has 1 saturated carbocycles. The Balaban J connectivity index is 1.27. The lowest BCUT2D eigenvalue weighted by Gasteiger charge is -2.19. The van der Waals surface area contributed by atoms with Gasteiger partial charge in [0.2, 0.25) is 11.8 Å². The Morgan fingerprint density at radius 3 is 2.42 bits per heavy atom. The molecule has 174 valence electrons. The number of carbonyl (C=O) groups excluding carboxylic acids is 4. The Morgan fingerprint density at radius 2 is 1.76 bits per heavy atom. The predicted molar refractivity (Wildman–Crippen MR) is 121 cm³/mol. The van der Waals surface area contributed by atoms with Gasteiger partial charge in [0.05, 0.1) is 18.3 Å². The van der Waals surface area contributed by atoms with Crippen molar-refractivity contribution in [3.63, 3.8) is 0 Å². The van der Waals surface area contributed by atoms with Crippen LogP contribution < -0.4 is 4.80 Å². The molecule has 0 spiro atoms. The van der Waals surface area contributed by atoms with Crippen molar-refractivity contribution in [2.75, 3.05) is 13.2 Å². The Bertz CT molecular complexity index is 1090. The second kappa shape index (κ2) is 10.2. The third-order valence-corrected chi connectivity index (χ3v) is 6.98. The van der Waals surface area contributed by atoms with Crippen LogP contribution in [0.5, 0.6) is 0 Å². The third-order valence-electron chi connectivity index (χ3n) is 6.18. The first-order chi connectivity index (χ1) is 15.9. The van der Waals surface area contributed by atoms with Gasteiger partial charge < -0.3 is 9.30 Å². The minimum absolute atomic E-state index is 0.00366. The molecule has 9 heteroatoms. The number of ether oxygens (including phenoxy) is 1. The average Bonchev–Trinajstić information content (AvgIpc) is 3.34. The zero-order valence-corrected chi connectivity index (χ0v) is 19.4. The number of aromatic nitrogens is 1. The van der Waals surface area contributed by atoms with Gasteiger partial charge in [0, 0.05) is 24.7 Å². The van der Waals surface area contributed by atoms with E-state index in [1.807, 2.05) is 47.3 Å². The molecule has 0 N–H and O–H groups in total. The summed E-state index contributed by atoms with van der Waals surface area (Å²) in [6, 6.07) is 8.11. The predicted octanol–water partition coefficient (Wildman–Crippen LogP) is 2.44. The van der Waals surface area contributed by atoms with Crippen LogP contribution in [0.4, 0.5) is 0 Å². The number of fused-ring (bicyclic) bond motifs is 1. The SMILES string of the molecule is Cc1ccc(Cn2ccsc2=NC(=O)COC(=O)CCN2C(=O)C3CCCCC3C2=O)cc1. The Morgan fingerprint density at radius 1 is 1.09 bits per heavy atom. The molecule has 2 aromatic rings. The lowest BCUT2D eigenvalue weighted by Crippen LogP contribution is -2.33. The first kappa shape index (κ1) is 23.1. The van der Waals surface area contributed by atoms with E-state index in [0.717, 1.165) is 31.2 Å². The summed E-state index contributed by atoms with van der Waals surface area (Å²) >= 11 is 1.33. The summed E-state index contributed by atoms with van der Waals surface area (Å²) in [5.74, 6) is -2.03. The highest BCUT2D eigenvalue weighted by molar-refractivity contribution is 7.07. The van der Waals surface area contributed by atoms with Gasteiger partial charge in [-0.3, -0.25) is 24.1 Å². The molecule has 1 saturated heterocycles. The van der Waals surface area contributed by atoms with Crippen molar-refractivity contribution < 1.29 is 23.9 Å². The van der Waals surface area contributed by atoms with Crippen LogP contribution in [0, 0.1) is 18.8 Å². The van der Waals surface area contributed by atoms with Gasteiger partial charge in [-0.1, -0.05) is 42.7 Å². The summed E-state index contributed by atoms with van der Waals surface area (Å²) in [7, 11) is 0. The number of esters is 1. The van der Waals surface area contributed by atoms with Crippen LogP contribution in [-0.4, -0.2) is 46.3 Å². The molecule has 8 nitrogen and oxygen atoms in total. The minimum atomic E-state index is -0.632. The highest BCUT2D eigenvalue weighted by Gasteiger charge is 2.47. The lowest BCUT2D eigenvalue weighted by molar-refractivity contribution is -0.149. The average molecular weight is 470 g/mol. The summed E-state index contributed by atoms with van der Waals surface area (Å²) in [6.45, 7) is 2.12. The number of amides is 3. The van der Waals surface area contributed by atoms with Crippen LogP contribution in [0.3, 0.4) is 0 Å². The lowest BCUT2D eigenvalue weighted by atomic mass is 9.81. The molecule has 1 aliphatic carbocycles. The number of benzene rings is 1. The molecule has 2 atom stereocenters. The number of thiazole rings is 1. The first-order valence-electron chi connectivity index (χ1n) is 11.2. The van der Waals surface area contributed by atoms with E-state index in [2.05, 4.69) is 4.99 Å². The second-order valence-corrected chi connectivity index (χ2v) is 9.41. The maximum atomic E-state index is 12.5. The van der Waals surface area contributed by atoms with Crippen molar-refractivity contribution in [1.82, 2.24) is 9.47 Å². The van der Waals surface area contributed by atoms with Crippen molar-refractivity contribution in [2.24, 2.45) is 16.8 Å². The number of likely N-dealkylation sites (tertiary alicyclic amines) is 1. The van der Waals surface area contributed by atoms with E-state index < -0.39 is 18.5 Å². The standard InChI is InChI=1S/C24H27N3O5S/c1-16-6-8-17(9-7-16)14-26-12-13-33-24(26)25-20(28)15-32-21(29)10-11-27-22(30)18-4-2-3-5-19(18)23(27)31/h6-9,12-13,18-19H,2-5,10-11,14-15H2,1H3. The summed E-state index contributed by atoms with van der Waals surface area (Å²) < 4.78 is 6.90. The summed E-state index contributed by atoms with van der Waals surface area (Å²) in [5.41, 5.74) is 2.26. The Labute approximate surface area is 195 Å². The summed E-state index contributed by atoms with van der Waals surface area (Å²) in [4.78, 5) is 55.0. The second-order valence-electron chi connectivity index (χ2n) is 8.54. The summed E-state index contributed by atoms with van der Waals surface area (Å²) in [5, 5.41) is 1.84. The van der Waals surface area contributed by atoms with Gasteiger partial charge in [0.1, 0.15) is 0 Å². The van der Waals surface area contributed by atoms with Gasteiger partial charge >= 0.3 is 5.97 Å². The van der Waals surface area contributed by atoms with E-state index in [9.17, 15) is 19.2 Å². The van der Waals surface area contributed by atoms with E-state index in [1.54, 1.807) is 0 Å². The Hall–Kier alpha value is -3.07. The van der Waals surface area contributed by atoms with E-state index >= 15 is 0 Å². The van der Waals surface area contributed by atoms with Crippen LogP contribution in [0.2, 0.25) is 0 Å². The smallest absolute Gasteiger partial charge is 0.308 e. The van der Waals surface area contributed by atoms with Crippen LogP contribution in [0.15, 0.2) is 40.8 Å². The number of nitrogens with zero attached hydrogens (tertiary/aromatic N) is 3. The highest BCUT2D eigenvalue weighted by Crippen LogP contribution is 2.37. The highest BCUT2D eigenvalue weighted by atomic mass is 32.1. The van der Waals surface area contributed by atoms with E-state index in [1.165, 1.54) is 21.8 Å². The fraction of sp³-hybridized carbons (Fsp3) is 0.458. The normalized spacial score (nSPS) is 20.8. The molecule has 0 bridgehead atoms. The van der Waals surface area contributed by atoms with Gasteiger partial charge in [-0.15, -0.1) is 11.3 Å². The molecule has 33 heavy (non-hydrogen) atoms. The topological polar surface area (TPSA) is 98.0 Å². The van der Waals surface area contributed by atoms with Crippen molar-refractivity contribution in [1.29, 1.82) is 0 Å². The monoisotopic (exact) mass is 469 g/mol. The van der Waals surface area contributed by atoms with Gasteiger partial charge in [-0.25, -0.2) is 0 Å².